The number of likely N-dealkylation sites (tertiary alicyclic amines) is 1. The van der Waals surface area contributed by atoms with E-state index in [0.717, 1.165) is 31.2 Å². The summed E-state index contributed by atoms with van der Waals surface area (Å²) >= 11 is 0. The Labute approximate surface area is 163 Å². The summed E-state index contributed by atoms with van der Waals surface area (Å²) in [6, 6.07) is 7.59. The lowest BCUT2D eigenvalue weighted by molar-refractivity contribution is -0.121. The van der Waals surface area contributed by atoms with Crippen LogP contribution in [0.4, 0.5) is 10.5 Å². The molecule has 2 aliphatic rings. The van der Waals surface area contributed by atoms with Crippen molar-refractivity contribution in [2.24, 2.45) is 5.92 Å². The third kappa shape index (κ3) is 4.29. The molecule has 3 amide bonds. The van der Waals surface area contributed by atoms with Gasteiger partial charge in [0.1, 0.15) is 0 Å². The van der Waals surface area contributed by atoms with E-state index in [2.05, 4.69) is 31.3 Å². The van der Waals surface area contributed by atoms with E-state index in [0.29, 0.717) is 24.6 Å². The highest BCUT2D eigenvalue weighted by Gasteiger charge is 2.29. The van der Waals surface area contributed by atoms with E-state index in [-0.39, 0.29) is 23.9 Å². The van der Waals surface area contributed by atoms with Gasteiger partial charge in [-0.25, -0.2) is 4.79 Å². The lowest BCUT2D eigenvalue weighted by atomic mass is 9.97. The number of rotatable bonds is 4. The Hall–Kier alpha value is -2.97. The molecule has 28 heavy (non-hydrogen) atoms. The minimum atomic E-state index is -0.211. The van der Waals surface area contributed by atoms with Crippen molar-refractivity contribution in [1.82, 2.24) is 30.8 Å². The van der Waals surface area contributed by atoms with E-state index < -0.39 is 0 Å². The number of tetrazole rings is 1. The van der Waals surface area contributed by atoms with Crippen LogP contribution >= 0.6 is 0 Å². The molecule has 1 aromatic carbocycles. The lowest BCUT2D eigenvalue weighted by Gasteiger charge is -2.33. The molecule has 9 heteroatoms. The molecule has 9 nitrogen and oxygen atoms in total. The molecule has 0 radical (unpaired) electrons. The number of H-pyrrole nitrogens is 1. The second kappa shape index (κ2) is 8.37. The molecule has 2 heterocycles. The number of anilines is 1. The van der Waals surface area contributed by atoms with Crippen LogP contribution in [0.25, 0.3) is 11.4 Å². The summed E-state index contributed by atoms with van der Waals surface area (Å²) in [5, 5.41) is 20.0. The number of hydrogen-bond acceptors (Lipinski definition) is 5. The normalized spacial score (nSPS) is 20.1. The number of carbonyl (C=O) groups is 2. The zero-order valence-corrected chi connectivity index (χ0v) is 15.7. The number of nitrogens with one attached hydrogen (secondary N) is 3. The maximum Gasteiger partial charge on any atom is 0.317 e. The van der Waals surface area contributed by atoms with Gasteiger partial charge in [-0.2, -0.15) is 5.21 Å². The third-order valence-electron chi connectivity index (χ3n) is 5.50. The van der Waals surface area contributed by atoms with Gasteiger partial charge in [0.05, 0.1) is 5.92 Å². The summed E-state index contributed by atoms with van der Waals surface area (Å²) in [6.45, 7) is 1.16. The van der Waals surface area contributed by atoms with Gasteiger partial charge < -0.3 is 15.5 Å². The Balaban J connectivity index is 1.35. The molecule has 0 bridgehead atoms. The maximum absolute atomic E-state index is 12.8. The molecular weight excluding hydrogens is 358 g/mol. The molecule has 2 aromatic rings. The van der Waals surface area contributed by atoms with Crippen molar-refractivity contribution in [3.63, 3.8) is 0 Å². The van der Waals surface area contributed by atoms with E-state index in [1.807, 2.05) is 24.3 Å². The van der Waals surface area contributed by atoms with E-state index in [1.54, 1.807) is 4.90 Å². The predicted octanol–water partition coefficient (Wildman–Crippen LogP) is 2.17. The van der Waals surface area contributed by atoms with Crippen LogP contribution in [-0.4, -0.2) is 56.6 Å². The van der Waals surface area contributed by atoms with Crippen molar-refractivity contribution in [1.29, 1.82) is 0 Å². The van der Waals surface area contributed by atoms with Crippen LogP contribution in [0.3, 0.4) is 0 Å². The van der Waals surface area contributed by atoms with Gasteiger partial charge in [-0.3, -0.25) is 4.79 Å². The van der Waals surface area contributed by atoms with E-state index in [9.17, 15) is 9.59 Å². The molecule has 1 atom stereocenters. The van der Waals surface area contributed by atoms with Gasteiger partial charge in [0.25, 0.3) is 0 Å². The van der Waals surface area contributed by atoms with Gasteiger partial charge in [0.15, 0.2) is 0 Å². The zero-order chi connectivity index (χ0) is 19.3. The summed E-state index contributed by atoms with van der Waals surface area (Å²) < 4.78 is 0. The van der Waals surface area contributed by atoms with E-state index in [4.69, 9.17) is 0 Å². The smallest absolute Gasteiger partial charge is 0.317 e. The molecule has 2 fully saturated rings. The molecule has 1 unspecified atom stereocenters. The van der Waals surface area contributed by atoms with Gasteiger partial charge in [-0.15, -0.1) is 10.2 Å². The van der Waals surface area contributed by atoms with Crippen LogP contribution in [0.15, 0.2) is 24.3 Å². The molecule has 1 saturated carbocycles. The molecule has 4 rings (SSSR count). The second-order valence-corrected chi connectivity index (χ2v) is 7.52. The molecule has 1 saturated heterocycles. The Bertz CT molecular complexity index is 817. The quantitative estimate of drug-likeness (QED) is 0.748. The summed E-state index contributed by atoms with van der Waals surface area (Å²) in [6.07, 6.45) is 6.08. The van der Waals surface area contributed by atoms with Gasteiger partial charge in [0, 0.05) is 30.4 Å². The predicted molar refractivity (Wildman–Crippen MR) is 103 cm³/mol. The average molecular weight is 383 g/mol. The summed E-state index contributed by atoms with van der Waals surface area (Å²) in [5.74, 6) is 0.198. The van der Waals surface area contributed by atoms with Crippen molar-refractivity contribution in [2.75, 3.05) is 18.4 Å². The largest absolute Gasteiger partial charge is 0.335 e. The summed E-state index contributed by atoms with van der Waals surface area (Å²) in [5.41, 5.74) is 1.45. The molecular formula is C19H25N7O2. The fourth-order valence-corrected chi connectivity index (χ4v) is 3.98. The monoisotopic (exact) mass is 383 g/mol. The number of amides is 3. The first-order chi connectivity index (χ1) is 13.7. The van der Waals surface area contributed by atoms with Gasteiger partial charge in [-0.05, 0) is 43.0 Å². The van der Waals surface area contributed by atoms with Crippen molar-refractivity contribution in [2.45, 2.75) is 44.6 Å². The van der Waals surface area contributed by atoms with Gasteiger partial charge in [0.2, 0.25) is 11.7 Å². The van der Waals surface area contributed by atoms with Gasteiger partial charge in [-0.1, -0.05) is 25.0 Å². The van der Waals surface area contributed by atoms with E-state index in [1.165, 1.54) is 12.8 Å². The molecule has 148 valence electrons. The highest BCUT2D eigenvalue weighted by Crippen LogP contribution is 2.23. The number of aromatic amines is 1. The van der Waals surface area contributed by atoms with Gasteiger partial charge >= 0.3 is 6.03 Å². The number of nitrogens with zero attached hydrogens (tertiary/aromatic N) is 4. The number of hydrogen-bond donors (Lipinski definition) is 3. The Morgan fingerprint density at radius 2 is 2.00 bits per heavy atom. The Morgan fingerprint density at radius 1 is 1.14 bits per heavy atom. The fourth-order valence-electron chi connectivity index (χ4n) is 3.98. The number of urea groups is 1. The first-order valence-electron chi connectivity index (χ1n) is 9.89. The lowest BCUT2D eigenvalue weighted by Crippen LogP contribution is -2.49. The van der Waals surface area contributed by atoms with Crippen molar-refractivity contribution >= 4 is 17.6 Å². The number of carbonyl (C=O) groups excluding carboxylic acids is 2. The number of piperidine rings is 1. The Kier molecular flexibility index (Phi) is 5.50. The van der Waals surface area contributed by atoms with Crippen LogP contribution in [0, 0.1) is 5.92 Å². The minimum Gasteiger partial charge on any atom is -0.335 e. The highest BCUT2D eigenvalue weighted by atomic mass is 16.2. The number of benzene rings is 1. The Morgan fingerprint density at radius 3 is 2.79 bits per heavy atom. The summed E-state index contributed by atoms with van der Waals surface area (Å²) in [4.78, 5) is 27.1. The minimum absolute atomic E-state index is 0.0384. The van der Waals surface area contributed by atoms with E-state index >= 15 is 0 Å². The standard InChI is InChI=1S/C19H25N7O2/c27-18(20-16-9-3-5-13(11-16)17-22-24-25-23-17)14-6-4-10-26(12-14)19(28)21-15-7-1-2-8-15/h3,5,9,11,14-15H,1-2,4,6-8,10,12H2,(H,20,27)(H,21,28)(H,22,23,24,25). The van der Waals surface area contributed by atoms with Crippen LogP contribution < -0.4 is 10.6 Å². The first kappa shape index (κ1) is 18.4. The maximum atomic E-state index is 12.8. The molecule has 1 aliphatic carbocycles. The molecule has 1 aliphatic heterocycles. The molecule has 3 N–H and O–H groups in total. The van der Waals surface area contributed by atoms with Crippen molar-refractivity contribution in [3.05, 3.63) is 24.3 Å². The first-order valence-corrected chi connectivity index (χ1v) is 9.89. The second-order valence-electron chi connectivity index (χ2n) is 7.52. The highest BCUT2D eigenvalue weighted by molar-refractivity contribution is 5.93. The molecule has 0 spiro atoms. The topological polar surface area (TPSA) is 116 Å². The molecule has 1 aromatic heterocycles. The summed E-state index contributed by atoms with van der Waals surface area (Å²) in [7, 11) is 0. The van der Waals surface area contributed by atoms with Crippen LogP contribution in [-0.2, 0) is 4.79 Å². The zero-order valence-electron chi connectivity index (χ0n) is 15.7. The number of aromatic nitrogens is 4. The van der Waals surface area contributed by atoms with Crippen LogP contribution in [0.1, 0.15) is 38.5 Å². The average Bonchev–Trinajstić information content (AvgIpc) is 3.42. The van der Waals surface area contributed by atoms with Crippen molar-refractivity contribution in [3.8, 4) is 11.4 Å². The SMILES string of the molecule is O=C(Nc1cccc(-c2nn[nH]n2)c1)C1CCCN(C(=O)NC2CCCC2)C1. The fraction of sp³-hybridized carbons (Fsp3) is 0.526. The third-order valence-corrected chi connectivity index (χ3v) is 5.50. The van der Waals surface area contributed by atoms with Crippen LogP contribution in [0.2, 0.25) is 0 Å². The van der Waals surface area contributed by atoms with Crippen molar-refractivity contribution < 1.29 is 9.59 Å². The van der Waals surface area contributed by atoms with Crippen LogP contribution in [0.5, 0.6) is 0 Å².